The van der Waals surface area contributed by atoms with Crippen molar-refractivity contribution in [1.29, 1.82) is 0 Å². The van der Waals surface area contributed by atoms with Crippen molar-refractivity contribution in [2.75, 3.05) is 5.73 Å². The fourth-order valence-electron chi connectivity index (χ4n) is 2.23. The number of nitrogens with zero attached hydrogens (tertiary/aromatic N) is 4. The minimum absolute atomic E-state index is 0.212. The summed E-state index contributed by atoms with van der Waals surface area (Å²) in [6.45, 7) is 4.08. The van der Waals surface area contributed by atoms with Gasteiger partial charge in [0.15, 0.2) is 17.3 Å². The molecule has 0 aliphatic rings. The highest BCUT2D eigenvalue weighted by atomic mass is 16.1. The lowest BCUT2D eigenvalue weighted by molar-refractivity contribution is 0.100. The van der Waals surface area contributed by atoms with Crippen LogP contribution in [0.1, 0.15) is 30.2 Å². The average Bonchev–Trinajstić information content (AvgIpc) is 2.92. The largest absolute Gasteiger partial charge is 0.382 e. The number of aromatic nitrogens is 4. The van der Waals surface area contributed by atoms with Crippen molar-refractivity contribution in [3.05, 3.63) is 36.2 Å². The predicted molar refractivity (Wildman–Crippen MR) is 84.1 cm³/mol. The van der Waals surface area contributed by atoms with Crippen LogP contribution in [-0.2, 0) is 0 Å². The van der Waals surface area contributed by atoms with Gasteiger partial charge in [-0.1, -0.05) is 12.1 Å². The van der Waals surface area contributed by atoms with E-state index in [9.17, 15) is 4.79 Å². The van der Waals surface area contributed by atoms with Crippen LogP contribution < -0.4 is 11.5 Å². The first kappa shape index (κ1) is 14.0. The third kappa shape index (κ3) is 2.26. The molecule has 1 amide bonds. The Bertz CT molecular complexity index is 850. The van der Waals surface area contributed by atoms with Gasteiger partial charge in [-0.15, -0.1) is 0 Å². The second-order valence-electron chi connectivity index (χ2n) is 5.29. The van der Waals surface area contributed by atoms with Gasteiger partial charge in [0.2, 0.25) is 5.91 Å². The molecule has 0 fully saturated rings. The molecule has 22 heavy (non-hydrogen) atoms. The molecule has 3 aromatic rings. The number of amides is 1. The zero-order valence-corrected chi connectivity index (χ0v) is 12.3. The quantitative estimate of drug-likeness (QED) is 0.764. The zero-order valence-electron chi connectivity index (χ0n) is 12.3. The van der Waals surface area contributed by atoms with E-state index in [2.05, 4.69) is 15.0 Å². The van der Waals surface area contributed by atoms with Crippen LogP contribution in [0.4, 0.5) is 5.82 Å². The summed E-state index contributed by atoms with van der Waals surface area (Å²) in [6.07, 6.45) is 1.71. The lowest BCUT2D eigenvalue weighted by atomic mass is 10.1. The molecule has 0 radical (unpaired) electrons. The van der Waals surface area contributed by atoms with Crippen LogP contribution in [0.3, 0.4) is 0 Å². The molecule has 7 heteroatoms. The molecule has 2 heterocycles. The number of carbonyl (C=O) groups excluding carboxylic acids is 1. The number of hydrogen-bond acceptors (Lipinski definition) is 5. The van der Waals surface area contributed by atoms with Gasteiger partial charge in [-0.3, -0.25) is 4.79 Å². The summed E-state index contributed by atoms with van der Waals surface area (Å²) in [6, 6.07) is 6.99. The Hall–Kier alpha value is -2.96. The van der Waals surface area contributed by atoms with E-state index in [1.165, 1.54) is 0 Å². The molecule has 1 aromatic carbocycles. The van der Waals surface area contributed by atoms with Crippen molar-refractivity contribution in [3.63, 3.8) is 0 Å². The standard InChI is InChI=1S/C15H16N6O/c1-8(2)21-7-18-11-12(16)19-14(20-15(11)21)10-5-3-9(4-6-10)13(17)22/h3-8H,1-2H3,(H2,17,22)(H2,16,19,20). The van der Waals surface area contributed by atoms with Crippen molar-refractivity contribution in [3.8, 4) is 11.4 Å². The summed E-state index contributed by atoms with van der Waals surface area (Å²) >= 11 is 0. The molecule has 0 atom stereocenters. The van der Waals surface area contributed by atoms with E-state index in [0.717, 1.165) is 5.56 Å². The van der Waals surface area contributed by atoms with Crippen molar-refractivity contribution < 1.29 is 4.79 Å². The van der Waals surface area contributed by atoms with Crippen LogP contribution >= 0.6 is 0 Å². The van der Waals surface area contributed by atoms with Crippen LogP contribution in [0.5, 0.6) is 0 Å². The molecule has 0 aliphatic carbocycles. The van der Waals surface area contributed by atoms with Gasteiger partial charge in [-0.25, -0.2) is 15.0 Å². The van der Waals surface area contributed by atoms with Crippen LogP contribution in [0.25, 0.3) is 22.6 Å². The molecule has 0 bridgehead atoms. The highest BCUT2D eigenvalue weighted by molar-refractivity contribution is 5.93. The number of benzene rings is 1. The molecular formula is C15H16N6O. The van der Waals surface area contributed by atoms with Gasteiger partial charge in [0, 0.05) is 17.2 Å². The second kappa shape index (κ2) is 5.10. The minimum atomic E-state index is -0.472. The number of anilines is 1. The first-order chi connectivity index (χ1) is 10.5. The fraction of sp³-hybridized carbons (Fsp3) is 0.200. The highest BCUT2D eigenvalue weighted by Gasteiger charge is 2.14. The molecule has 0 aliphatic heterocycles. The van der Waals surface area contributed by atoms with E-state index in [1.807, 2.05) is 18.4 Å². The van der Waals surface area contributed by atoms with Crippen molar-refractivity contribution >= 4 is 22.9 Å². The first-order valence-corrected chi connectivity index (χ1v) is 6.87. The molecule has 7 nitrogen and oxygen atoms in total. The maximum absolute atomic E-state index is 11.1. The summed E-state index contributed by atoms with van der Waals surface area (Å²) in [5, 5.41) is 0. The maximum Gasteiger partial charge on any atom is 0.248 e. The van der Waals surface area contributed by atoms with Gasteiger partial charge in [0.25, 0.3) is 0 Å². The van der Waals surface area contributed by atoms with Crippen molar-refractivity contribution in [2.45, 2.75) is 19.9 Å². The number of primary amides is 1. The summed E-state index contributed by atoms with van der Waals surface area (Å²) in [4.78, 5) is 24.2. The Balaban J connectivity index is 2.14. The van der Waals surface area contributed by atoms with E-state index in [-0.39, 0.29) is 6.04 Å². The van der Waals surface area contributed by atoms with E-state index in [0.29, 0.717) is 28.4 Å². The lowest BCUT2D eigenvalue weighted by Gasteiger charge is -2.08. The van der Waals surface area contributed by atoms with Gasteiger partial charge in [-0.05, 0) is 26.0 Å². The van der Waals surface area contributed by atoms with Crippen LogP contribution in [-0.4, -0.2) is 25.4 Å². The van der Waals surface area contributed by atoms with E-state index in [1.54, 1.807) is 30.6 Å². The molecular weight excluding hydrogens is 280 g/mol. The van der Waals surface area contributed by atoms with Crippen LogP contribution in [0, 0.1) is 0 Å². The average molecular weight is 296 g/mol. The number of rotatable bonds is 3. The Labute approximate surface area is 127 Å². The Morgan fingerprint density at radius 3 is 2.45 bits per heavy atom. The molecule has 112 valence electrons. The molecule has 4 N–H and O–H groups in total. The van der Waals surface area contributed by atoms with Crippen molar-refractivity contribution in [1.82, 2.24) is 19.5 Å². The molecule has 0 unspecified atom stereocenters. The molecule has 0 saturated carbocycles. The predicted octanol–water partition coefficient (Wildman–Crippen LogP) is 1.76. The molecule has 3 rings (SSSR count). The topological polar surface area (TPSA) is 113 Å². The molecule has 2 aromatic heterocycles. The number of hydrogen-bond donors (Lipinski definition) is 2. The zero-order chi connectivity index (χ0) is 15.9. The third-order valence-electron chi connectivity index (χ3n) is 3.43. The Morgan fingerprint density at radius 1 is 1.18 bits per heavy atom. The first-order valence-electron chi connectivity index (χ1n) is 6.87. The Morgan fingerprint density at radius 2 is 1.86 bits per heavy atom. The number of imidazole rings is 1. The maximum atomic E-state index is 11.1. The summed E-state index contributed by atoms with van der Waals surface area (Å²) in [5.74, 6) is 0.349. The van der Waals surface area contributed by atoms with Gasteiger partial charge >= 0.3 is 0 Å². The fourth-order valence-corrected chi connectivity index (χ4v) is 2.23. The van der Waals surface area contributed by atoms with Crippen molar-refractivity contribution in [2.24, 2.45) is 5.73 Å². The SMILES string of the molecule is CC(C)n1cnc2c(N)nc(-c3ccc(C(N)=O)cc3)nc21. The summed E-state index contributed by atoms with van der Waals surface area (Å²) < 4.78 is 1.94. The Kier molecular flexibility index (Phi) is 3.25. The third-order valence-corrected chi connectivity index (χ3v) is 3.43. The molecule has 0 spiro atoms. The number of carbonyl (C=O) groups is 1. The number of fused-ring (bicyclic) bond motifs is 1. The normalized spacial score (nSPS) is 11.2. The van der Waals surface area contributed by atoms with Crippen LogP contribution in [0.15, 0.2) is 30.6 Å². The van der Waals surface area contributed by atoms with Gasteiger partial charge in [0.05, 0.1) is 6.33 Å². The lowest BCUT2D eigenvalue weighted by Crippen LogP contribution is -2.10. The monoisotopic (exact) mass is 296 g/mol. The highest BCUT2D eigenvalue weighted by Crippen LogP contribution is 2.24. The van der Waals surface area contributed by atoms with Gasteiger partial charge in [-0.2, -0.15) is 0 Å². The molecule has 0 saturated heterocycles. The van der Waals surface area contributed by atoms with E-state index < -0.39 is 5.91 Å². The van der Waals surface area contributed by atoms with E-state index in [4.69, 9.17) is 11.5 Å². The number of nitrogens with two attached hydrogens (primary N) is 2. The second-order valence-corrected chi connectivity index (χ2v) is 5.29. The summed E-state index contributed by atoms with van der Waals surface area (Å²) in [5.41, 5.74) is 13.7. The number of nitrogen functional groups attached to an aromatic ring is 1. The smallest absolute Gasteiger partial charge is 0.248 e. The van der Waals surface area contributed by atoms with Crippen LogP contribution in [0.2, 0.25) is 0 Å². The van der Waals surface area contributed by atoms with E-state index >= 15 is 0 Å². The minimum Gasteiger partial charge on any atom is -0.382 e. The van der Waals surface area contributed by atoms with Gasteiger partial charge in [0.1, 0.15) is 5.52 Å². The van der Waals surface area contributed by atoms with Gasteiger partial charge < -0.3 is 16.0 Å². The summed E-state index contributed by atoms with van der Waals surface area (Å²) in [7, 11) is 0.